The predicted molar refractivity (Wildman–Crippen MR) is 62.9 cm³/mol. The Morgan fingerprint density at radius 3 is 2.19 bits per heavy atom. The van der Waals surface area contributed by atoms with Crippen LogP contribution in [0, 0.1) is 5.92 Å². The van der Waals surface area contributed by atoms with Gasteiger partial charge in [-0.15, -0.1) is 0 Å². The van der Waals surface area contributed by atoms with Gasteiger partial charge in [-0.05, 0) is 25.7 Å². The molecule has 0 aliphatic rings. The van der Waals surface area contributed by atoms with Crippen LogP contribution in [0.15, 0.2) is 0 Å². The highest BCUT2D eigenvalue weighted by Crippen LogP contribution is 2.22. The third-order valence-electron chi connectivity index (χ3n) is 2.44. The standard InChI is InChI=1S/C12H23NO3/c1-6-12(8-9(3)4,13-10(5)14)11(15)16-7-2/h9H,6-8H2,1-5H3,(H,13,14)/t12-/m0/s1. The lowest BCUT2D eigenvalue weighted by Gasteiger charge is -2.32. The third-order valence-corrected chi connectivity index (χ3v) is 2.44. The number of nitrogens with one attached hydrogen (secondary N) is 1. The van der Waals surface area contributed by atoms with Crippen LogP contribution >= 0.6 is 0 Å². The van der Waals surface area contributed by atoms with E-state index in [1.165, 1.54) is 6.92 Å². The van der Waals surface area contributed by atoms with Gasteiger partial charge in [-0.2, -0.15) is 0 Å². The number of esters is 1. The normalized spacial score (nSPS) is 14.4. The molecule has 94 valence electrons. The maximum atomic E-state index is 11.9. The lowest BCUT2D eigenvalue weighted by atomic mass is 9.86. The fourth-order valence-corrected chi connectivity index (χ4v) is 1.87. The summed E-state index contributed by atoms with van der Waals surface area (Å²) >= 11 is 0. The molecule has 16 heavy (non-hydrogen) atoms. The summed E-state index contributed by atoms with van der Waals surface area (Å²) in [4.78, 5) is 23.1. The maximum Gasteiger partial charge on any atom is 0.331 e. The number of rotatable bonds is 6. The van der Waals surface area contributed by atoms with E-state index >= 15 is 0 Å². The highest BCUT2D eigenvalue weighted by Gasteiger charge is 2.39. The van der Waals surface area contributed by atoms with Crippen LogP contribution < -0.4 is 5.32 Å². The van der Waals surface area contributed by atoms with E-state index in [1.54, 1.807) is 6.92 Å². The lowest BCUT2D eigenvalue weighted by Crippen LogP contribution is -2.55. The van der Waals surface area contributed by atoms with Crippen LogP contribution in [-0.2, 0) is 14.3 Å². The van der Waals surface area contributed by atoms with Gasteiger partial charge in [0.1, 0.15) is 5.54 Å². The Hall–Kier alpha value is -1.06. The van der Waals surface area contributed by atoms with E-state index in [4.69, 9.17) is 4.74 Å². The van der Waals surface area contributed by atoms with E-state index in [1.807, 2.05) is 20.8 Å². The van der Waals surface area contributed by atoms with Crippen molar-refractivity contribution >= 4 is 11.9 Å². The number of ether oxygens (including phenoxy) is 1. The fraction of sp³-hybridized carbons (Fsp3) is 0.833. The van der Waals surface area contributed by atoms with Gasteiger partial charge in [-0.3, -0.25) is 4.79 Å². The second kappa shape index (κ2) is 6.51. The molecule has 0 aromatic rings. The Balaban J connectivity index is 4.93. The molecular weight excluding hydrogens is 206 g/mol. The average Bonchev–Trinajstić information content (AvgIpc) is 2.15. The molecule has 0 unspecified atom stereocenters. The molecule has 0 saturated heterocycles. The van der Waals surface area contributed by atoms with E-state index in [9.17, 15) is 9.59 Å². The van der Waals surface area contributed by atoms with E-state index < -0.39 is 5.54 Å². The van der Waals surface area contributed by atoms with Crippen molar-refractivity contribution in [2.45, 2.75) is 53.0 Å². The Bertz CT molecular complexity index is 251. The highest BCUT2D eigenvalue weighted by molar-refractivity contribution is 5.87. The fourth-order valence-electron chi connectivity index (χ4n) is 1.87. The minimum atomic E-state index is -0.865. The lowest BCUT2D eigenvalue weighted by molar-refractivity contribution is -0.154. The molecule has 0 heterocycles. The zero-order valence-electron chi connectivity index (χ0n) is 10.9. The van der Waals surface area contributed by atoms with Gasteiger partial charge >= 0.3 is 5.97 Å². The van der Waals surface area contributed by atoms with Crippen molar-refractivity contribution in [1.82, 2.24) is 5.32 Å². The minimum Gasteiger partial charge on any atom is -0.464 e. The maximum absolute atomic E-state index is 11.9. The second-order valence-electron chi connectivity index (χ2n) is 4.44. The average molecular weight is 229 g/mol. The molecule has 0 saturated carbocycles. The topological polar surface area (TPSA) is 55.4 Å². The third kappa shape index (κ3) is 4.21. The van der Waals surface area contributed by atoms with E-state index in [-0.39, 0.29) is 11.9 Å². The summed E-state index contributed by atoms with van der Waals surface area (Å²) in [7, 11) is 0. The van der Waals surface area contributed by atoms with E-state index in [0.717, 1.165) is 0 Å². The minimum absolute atomic E-state index is 0.199. The van der Waals surface area contributed by atoms with Crippen molar-refractivity contribution in [3.05, 3.63) is 0 Å². The molecular formula is C12H23NO3. The largest absolute Gasteiger partial charge is 0.464 e. The first-order valence-electron chi connectivity index (χ1n) is 5.84. The molecule has 4 nitrogen and oxygen atoms in total. The van der Waals surface area contributed by atoms with Gasteiger partial charge in [0.05, 0.1) is 6.61 Å². The smallest absolute Gasteiger partial charge is 0.331 e. The van der Waals surface area contributed by atoms with Gasteiger partial charge in [-0.1, -0.05) is 20.8 Å². The molecule has 0 radical (unpaired) electrons. The molecule has 1 amide bonds. The first kappa shape index (κ1) is 14.9. The van der Waals surface area contributed by atoms with Crippen molar-refractivity contribution in [2.75, 3.05) is 6.61 Å². The summed E-state index contributed by atoms with van der Waals surface area (Å²) < 4.78 is 5.05. The van der Waals surface area contributed by atoms with Gasteiger partial charge in [0.2, 0.25) is 5.91 Å². The molecule has 0 aromatic carbocycles. The number of hydrogen-bond donors (Lipinski definition) is 1. The quantitative estimate of drug-likeness (QED) is 0.707. The van der Waals surface area contributed by atoms with Gasteiger partial charge in [0, 0.05) is 6.92 Å². The highest BCUT2D eigenvalue weighted by atomic mass is 16.5. The SMILES string of the molecule is CCOC(=O)[C@](CC)(CC(C)C)NC(C)=O. The number of carbonyl (C=O) groups excluding carboxylic acids is 2. The Morgan fingerprint density at radius 2 is 1.88 bits per heavy atom. The second-order valence-corrected chi connectivity index (χ2v) is 4.44. The number of amides is 1. The van der Waals surface area contributed by atoms with Crippen LogP contribution in [0.3, 0.4) is 0 Å². The summed E-state index contributed by atoms with van der Waals surface area (Å²) in [5, 5.41) is 2.75. The molecule has 0 aromatic heterocycles. The molecule has 0 aliphatic heterocycles. The van der Waals surface area contributed by atoms with Crippen molar-refractivity contribution < 1.29 is 14.3 Å². The van der Waals surface area contributed by atoms with Crippen LogP contribution in [-0.4, -0.2) is 24.0 Å². The van der Waals surface area contributed by atoms with Crippen LogP contribution in [0.5, 0.6) is 0 Å². The number of carbonyl (C=O) groups is 2. The zero-order chi connectivity index (χ0) is 12.8. The molecule has 0 rings (SSSR count). The van der Waals surface area contributed by atoms with Crippen molar-refractivity contribution in [3.8, 4) is 0 Å². The van der Waals surface area contributed by atoms with Gasteiger partial charge in [-0.25, -0.2) is 4.79 Å². The Morgan fingerprint density at radius 1 is 1.31 bits per heavy atom. The van der Waals surface area contributed by atoms with Crippen LogP contribution in [0.4, 0.5) is 0 Å². The molecule has 1 atom stereocenters. The van der Waals surface area contributed by atoms with E-state index in [2.05, 4.69) is 5.32 Å². The van der Waals surface area contributed by atoms with Crippen molar-refractivity contribution in [1.29, 1.82) is 0 Å². The summed E-state index contributed by atoms with van der Waals surface area (Å²) in [6, 6.07) is 0. The summed E-state index contributed by atoms with van der Waals surface area (Å²) in [5.41, 5.74) is -0.865. The van der Waals surface area contributed by atoms with Crippen molar-refractivity contribution in [3.63, 3.8) is 0 Å². The molecule has 0 bridgehead atoms. The zero-order valence-corrected chi connectivity index (χ0v) is 10.9. The Kier molecular flexibility index (Phi) is 6.08. The molecule has 0 spiro atoms. The van der Waals surface area contributed by atoms with Gasteiger partial charge in [0.25, 0.3) is 0 Å². The summed E-state index contributed by atoms with van der Waals surface area (Å²) in [6.07, 6.45) is 1.14. The predicted octanol–water partition coefficient (Wildman–Crippen LogP) is 1.88. The molecule has 0 fully saturated rings. The molecule has 1 N–H and O–H groups in total. The van der Waals surface area contributed by atoms with E-state index in [0.29, 0.717) is 25.4 Å². The summed E-state index contributed by atoms with van der Waals surface area (Å²) in [5.74, 6) is -0.215. The van der Waals surface area contributed by atoms with Crippen molar-refractivity contribution in [2.24, 2.45) is 5.92 Å². The van der Waals surface area contributed by atoms with Gasteiger partial charge < -0.3 is 10.1 Å². The summed E-state index contributed by atoms with van der Waals surface area (Å²) in [6.45, 7) is 9.44. The Labute approximate surface area is 97.7 Å². The van der Waals surface area contributed by atoms with Crippen LogP contribution in [0.2, 0.25) is 0 Å². The molecule has 4 heteroatoms. The first-order chi connectivity index (χ1) is 7.38. The monoisotopic (exact) mass is 229 g/mol. The van der Waals surface area contributed by atoms with Gasteiger partial charge in [0.15, 0.2) is 0 Å². The van der Waals surface area contributed by atoms with Crippen LogP contribution in [0.1, 0.15) is 47.5 Å². The number of hydrogen-bond acceptors (Lipinski definition) is 3. The first-order valence-corrected chi connectivity index (χ1v) is 5.84. The van der Waals surface area contributed by atoms with Crippen LogP contribution in [0.25, 0.3) is 0 Å². The molecule has 0 aliphatic carbocycles.